The standard InChI is InChI=1S/C36H38N2O3/c1-21(2)16-24-18-28-25(12-14-37-35(28)41-24)23-13-15-38-32(17-23)29-19-31(36(4,5)6)26-10-8-9-11-27(26)33(29)30(20-40-7)34(38)22(3)39/h8-15,17-19,21,30,34H,3,16,20H2,1-2,4-7H3/p+1. The number of nitrogens with zero attached hydrogens (tertiary/aromatic N) is 2. The van der Waals surface area contributed by atoms with Gasteiger partial charge in [-0.1, -0.05) is 65.5 Å². The summed E-state index contributed by atoms with van der Waals surface area (Å²) < 4.78 is 14.1. The minimum absolute atomic E-state index is 0.0634. The molecule has 0 fully saturated rings. The second-order valence-electron chi connectivity index (χ2n) is 12.8. The molecule has 210 valence electrons. The maximum Gasteiger partial charge on any atom is 0.226 e. The van der Waals surface area contributed by atoms with Gasteiger partial charge >= 0.3 is 0 Å². The molecule has 4 heterocycles. The lowest BCUT2D eigenvalue weighted by Gasteiger charge is -2.33. The highest BCUT2D eigenvalue weighted by molar-refractivity contribution is 5.97. The molecule has 0 bridgehead atoms. The molecular formula is C36H39N2O3+. The van der Waals surface area contributed by atoms with E-state index < -0.39 is 0 Å². The van der Waals surface area contributed by atoms with Gasteiger partial charge in [0, 0.05) is 37.2 Å². The van der Waals surface area contributed by atoms with Crippen molar-refractivity contribution in [2.45, 2.75) is 58.4 Å². The Labute approximate surface area is 242 Å². The first-order chi connectivity index (χ1) is 19.6. The summed E-state index contributed by atoms with van der Waals surface area (Å²) in [4.78, 5) is 4.53. The van der Waals surface area contributed by atoms with Crippen LogP contribution in [0.15, 0.2) is 83.7 Å². The molecule has 0 spiro atoms. The average molecular weight is 548 g/mol. The molecule has 2 aromatic carbocycles. The molecule has 0 aliphatic carbocycles. The Morgan fingerprint density at radius 1 is 1.05 bits per heavy atom. The SMILES string of the molecule is C=C(O)C1C(COC)c2c(cc(C(C)(C)C)c3ccccc23)-c2cc(-c3ccnc4oc(CC(C)C)cc34)cc[n+]21. The smallest absolute Gasteiger partial charge is 0.226 e. The molecule has 5 nitrogen and oxygen atoms in total. The van der Waals surface area contributed by atoms with Gasteiger partial charge in [0.2, 0.25) is 17.4 Å². The molecule has 0 saturated heterocycles. The average Bonchev–Trinajstić information content (AvgIpc) is 3.33. The van der Waals surface area contributed by atoms with Gasteiger partial charge in [0.1, 0.15) is 5.76 Å². The molecule has 1 N–H and O–H groups in total. The molecule has 2 atom stereocenters. The number of furan rings is 1. The number of methoxy groups -OCH3 is 1. The second kappa shape index (κ2) is 10.1. The van der Waals surface area contributed by atoms with Crippen LogP contribution in [0.2, 0.25) is 0 Å². The second-order valence-corrected chi connectivity index (χ2v) is 12.8. The van der Waals surface area contributed by atoms with Crippen LogP contribution >= 0.6 is 0 Å². The van der Waals surface area contributed by atoms with Crippen LogP contribution in [-0.2, 0) is 16.6 Å². The van der Waals surface area contributed by atoms with Crippen molar-refractivity contribution in [1.82, 2.24) is 4.98 Å². The summed E-state index contributed by atoms with van der Waals surface area (Å²) >= 11 is 0. The molecule has 0 radical (unpaired) electrons. The van der Waals surface area contributed by atoms with Crippen LogP contribution in [0.4, 0.5) is 0 Å². The van der Waals surface area contributed by atoms with Crippen molar-refractivity contribution >= 4 is 21.9 Å². The van der Waals surface area contributed by atoms with Crippen molar-refractivity contribution in [3.8, 4) is 22.4 Å². The van der Waals surface area contributed by atoms with Gasteiger partial charge in [-0.3, -0.25) is 0 Å². The third kappa shape index (κ3) is 4.62. The van der Waals surface area contributed by atoms with Gasteiger partial charge in [-0.15, -0.1) is 0 Å². The fraction of sp³-hybridized carbons (Fsp3) is 0.333. The summed E-state index contributed by atoms with van der Waals surface area (Å²) in [5, 5.41) is 14.5. The number of hydrogen-bond acceptors (Lipinski definition) is 4. The molecule has 3 aromatic heterocycles. The van der Waals surface area contributed by atoms with E-state index in [0.717, 1.165) is 40.0 Å². The Balaban J connectivity index is 1.65. The Morgan fingerprint density at radius 2 is 1.80 bits per heavy atom. The van der Waals surface area contributed by atoms with E-state index in [2.05, 4.69) is 112 Å². The molecule has 0 amide bonds. The van der Waals surface area contributed by atoms with Crippen molar-refractivity contribution in [3.63, 3.8) is 0 Å². The highest BCUT2D eigenvalue weighted by atomic mass is 16.5. The van der Waals surface area contributed by atoms with Gasteiger partial charge in [-0.2, -0.15) is 4.57 Å². The Morgan fingerprint density at radius 3 is 2.49 bits per heavy atom. The zero-order valence-corrected chi connectivity index (χ0v) is 24.9. The maximum atomic E-state index is 11.0. The van der Waals surface area contributed by atoms with E-state index in [1.807, 2.05) is 6.20 Å². The highest BCUT2D eigenvalue weighted by Crippen LogP contribution is 2.47. The van der Waals surface area contributed by atoms with Crippen molar-refractivity contribution in [1.29, 1.82) is 0 Å². The molecule has 1 aliphatic heterocycles. The number of fused-ring (bicyclic) bond motifs is 6. The van der Waals surface area contributed by atoms with Crippen LogP contribution in [0.1, 0.15) is 63.5 Å². The number of aromatic nitrogens is 2. The van der Waals surface area contributed by atoms with E-state index in [1.54, 1.807) is 7.11 Å². The number of ether oxygens (including phenoxy) is 1. The molecule has 5 aromatic rings. The van der Waals surface area contributed by atoms with E-state index >= 15 is 0 Å². The van der Waals surface area contributed by atoms with Crippen LogP contribution in [0.3, 0.4) is 0 Å². The lowest BCUT2D eigenvalue weighted by atomic mass is 9.75. The Hall–Kier alpha value is -3.96. The van der Waals surface area contributed by atoms with Gasteiger partial charge in [0.15, 0.2) is 12.0 Å². The van der Waals surface area contributed by atoms with Crippen LogP contribution in [0.25, 0.3) is 44.3 Å². The summed E-state index contributed by atoms with van der Waals surface area (Å²) in [5.74, 6) is 1.47. The van der Waals surface area contributed by atoms with Gasteiger partial charge in [-0.05, 0) is 62.6 Å². The van der Waals surface area contributed by atoms with E-state index in [-0.39, 0.29) is 23.1 Å². The van der Waals surface area contributed by atoms with Crippen LogP contribution in [-0.4, -0.2) is 23.8 Å². The van der Waals surface area contributed by atoms with Crippen LogP contribution < -0.4 is 4.57 Å². The maximum absolute atomic E-state index is 11.0. The minimum Gasteiger partial charge on any atom is -0.506 e. The van der Waals surface area contributed by atoms with E-state index in [4.69, 9.17) is 9.15 Å². The third-order valence-electron chi connectivity index (χ3n) is 8.30. The quantitative estimate of drug-likeness (QED) is 0.171. The summed E-state index contributed by atoms with van der Waals surface area (Å²) in [6.07, 6.45) is 4.77. The van der Waals surface area contributed by atoms with Crippen molar-refractivity contribution in [2.75, 3.05) is 13.7 Å². The van der Waals surface area contributed by atoms with E-state index in [0.29, 0.717) is 18.2 Å². The zero-order valence-electron chi connectivity index (χ0n) is 24.9. The fourth-order valence-electron chi connectivity index (χ4n) is 6.61. The molecule has 1 aliphatic rings. The summed E-state index contributed by atoms with van der Waals surface area (Å²) in [6, 6.07) is 19.2. The van der Waals surface area contributed by atoms with E-state index in [9.17, 15) is 5.11 Å². The normalized spacial score (nSPS) is 16.8. The molecule has 0 saturated carbocycles. The number of aliphatic hydroxyl groups excluding tert-OH is 1. The highest BCUT2D eigenvalue weighted by Gasteiger charge is 2.44. The lowest BCUT2D eigenvalue weighted by molar-refractivity contribution is -0.712. The molecule has 5 heteroatoms. The lowest BCUT2D eigenvalue weighted by Crippen LogP contribution is -2.49. The van der Waals surface area contributed by atoms with Crippen molar-refractivity contribution in [2.24, 2.45) is 5.92 Å². The minimum atomic E-state index is -0.362. The monoisotopic (exact) mass is 547 g/mol. The van der Waals surface area contributed by atoms with Gasteiger partial charge < -0.3 is 14.3 Å². The van der Waals surface area contributed by atoms with E-state index in [1.165, 1.54) is 21.9 Å². The molecule has 41 heavy (non-hydrogen) atoms. The first-order valence-electron chi connectivity index (χ1n) is 14.4. The van der Waals surface area contributed by atoms with Crippen LogP contribution in [0.5, 0.6) is 0 Å². The number of pyridine rings is 2. The predicted octanol–water partition coefficient (Wildman–Crippen LogP) is 8.45. The summed E-state index contributed by atoms with van der Waals surface area (Å²) in [6.45, 7) is 15.7. The Bertz CT molecular complexity index is 1790. The van der Waals surface area contributed by atoms with Crippen LogP contribution in [0, 0.1) is 5.92 Å². The molecule has 2 unspecified atom stereocenters. The van der Waals surface area contributed by atoms with Gasteiger partial charge in [0.05, 0.1) is 18.1 Å². The van der Waals surface area contributed by atoms with Gasteiger partial charge in [-0.25, -0.2) is 4.98 Å². The molecule has 6 rings (SSSR count). The van der Waals surface area contributed by atoms with Crippen molar-refractivity contribution < 1.29 is 18.8 Å². The fourth-order valence-corrected chi connectivity index (χ4v) is 6.61. The topological polar surface area (TPSA) is 59.4 Å². The number of allylic oxidation sites excluding steroid dienone is 1. The largest absolute Gasteiger partial charge is 0.506 e. The summed E-state index contributed by atoms with van der Waals surface area (Å²) in [5.41, 5.74) is 7.43. The zero-order chi connectivity index (χ0) is 29.1. The first-order valence-corrected chi connectivity index (χ1v) is 14.4. The summed E-state index contributed by atoms with van der Waals surface area (Å²) in [7, 11) is 1.72. The number of hydrogen-bond donors (Lipinski definition) is 1. The van der Waals surface area contributed by atoms with Gasteiger partial charge in [0.25, 0.3) is 0 Å². The molecular weight excluding hydrogens is 508 g/mol. The Kier molecular flexibility index (Phi) is 6.74. The predicted molar refractivity (Wildman–Crippen MR) is 165 cm³/mol. The number of rotatable bonds is 6. The third-order valence-corrected chi connectivity index (χ3v) is 8.30. The first kappa shape index (κ1) is 27.2. The number of benzene rings is 2. The van der Waals surface area contributed by atoms with Crippen molar-refractivity contribution in [3.05, 3.63) is 96.2 Å². The number of aliphatic hydroxyl groups is 1.